The highest BCUT2D eigenvalue weighted by Gasteiger charge is 2.36. The Labute approximate surface area is 146 Å². The minimum atomic E-state index is -0.407. The van der Waals surface area contributed by atoms with Gasteiger partial charge >= 0.3 is 0 Å². The van der Waals surface area contributed by atoms with Crippen LogP contribution in [0.15, 0.2) is 29.7 Å². The predicted octanol–water partition coefficient (Wildman–Crippen LogP) is 2.60. The lowest BCUT2D eigenvalue weighted by atomic mass is 9.83. The number of nitrogens with one attached hydrogen (secondary N) is 1. The topological polar surface area (TPSA) is 106 Å². The van der Waals surface area contributed by atoms with Crippen LogP contribution >= 0.6 is 0 Å². The summed E-state index contributed by atoms with van der Waals surface area (Å²) in [6.07, 6.45) is 1.72. The molecule has 0 bridgehead atoms. The third-order valence-electron chi connectivity index (χ3n) is 4.27. The van der Waals surface area contributed by atoms with Crippen molar-refractivity contribution in [3.05, 3.63) is 46.5 Å². The van der Waals surface area contributed by atoms with Crippen molar-refractivity contribution in [1.82, 2.24) is 10.2 Å². The van der Waals surface area contributed by atoms with Crippen molar-refractivity contribution in [3.63, 3.8) is 0 Å². The van der Waals surface area contributed by atoms with E-state index in [2.05, 4.69) is 23.2 Å². The first kappa shape index (κ1) is 16.7. The van der Waals surface area contributed by atoms with E-state index in [9.17, 15) is 5.26 Å². The number of aromatic amines is 1. The smallest absolute Gasteiger partial charge is 0.244 e. The summed E-state index contributed by atoms with van der Waals surface area (Å²) in [5.41, 5.74) is 8.89. The van der Waals surface area contributed by atoms with E-state index >= 15 is 0 Å². The summed E-state index contributed by atoms with van der Waals surface area (Å²) in [5, 5.41) is 16.9. The van der Waals surface area contributed by atoms with Crippen LogP contribution in [-0.4, -0.2) is 24.4 Å². The number of fused-ring (bicyclic) bond motifs is 1. The number of allylic oxidation sites excluding steroid dienone is 1. The number of ether oxygens (including phenoxy) is 3. The van der Waals surface area contributed by atoms with Gasteiger partial charge in [-0.05, 0) is 12.5 Å². The first-order valence-corrected chi connectivity index (χ1v) is 8.01. The highest BCUT2D eigenvalue weighted by atomic mass is 16.5. The van der Waals surface area contributed by atoms with Crippen molar-refractivity contribution in [3.8, 4) is 23.4 Å². The van der Waals surface area contributed by atoms with E-state index in [-0.39, 0.29) is 5.88 Å². The molecule has 130 valence electrons. The van der Waals surface area contributed by atoms with Gasteiger partial charge in [0.15, 0.2) is 0 Å². The number of nitrogens with zero attached hydrogens (tertiary/aromatic N) is 2. The van der Waals surface area contributed by atoms with Gasteiger partial charge in [-0.2, -0.15) is 5.26 Å². The molecule has 1 atom stereocenters. The molecule has 1 aromatic heterocycles. The van der Waals surface area contributed by atoms with Gasteiger partial charge in [0.05, 0.1) is 25.7 Å². The summed E-state index contributed by atoms with van der Waals surface area (Å²) in [5.74, 6) is 1.34. The first-order valence-electron chi connectivity index (χ1n) is 8.01. The number of aromatic nitrogens is 2. The van der Waals surface area contributed by atoms with E-state index in [4.69, 9.17) is 19.9 Å². The third-order valence-corrected chi connectivity index (χ3v) is 4.27. The molecule has 0 radical (unpaired) electrons. The maximum absolute atomic E-state index is 9.68. The molecule has 3 N–H and O–H groups in total. The van der Waals surface area contributed by atoms with Crippen LogP contribution in [0.3, 0.4) is 0 Å². The van der Waals surface area contributed by atoms with Gasteiger partial charge in [0, 0.05) is 17.3 Å². The molecule has 0 fully saturated rings. The zero-order valence-corrected chi connectivity index (χ0v) is 14.4. The third kappa shape index (κ3) is 2.76. The zero-order valence-electron chi connectivity index (χ0n) is 14.4. The summed E-state index contributed by atoms with van der Waals surface area (Å²) in [4.78, 5) is 0. The van der Waals surface area contributed by atoms with Gasteiger partial charge in [-0.25, -0.2) is 0 Å². The van der Waals surface area contributed by atoms with Gasteiger partial charge in [0.1, 0.15) is 23.1 Å². The van der Waals surface area contributed by atoms with Crippen LogP contribution in [0.25, 0.3) is 0 Å². The van der Waals surface area contributed by atoms with Gasteiger partial charge in [0.2, 0.25) is 11.8 Å². The average Bonchev–Trinajstić information content (AvgIpc) is 3.02. The van der Waals surface area contributed by atoms with Crippen molar-refractivity contribution in [2.75, 3.05) is 14.2 Å². The predicted molar refractivity (Wildman–Crippen MR) is 91.4 cm³/mol. The maximum Gasteiger partial charge on any atom is 0.244 e. The Morgan fingerprint density at radius 1 is 1.36 bits per heavy atom. The average molecular weight is 340 g/mol. The van der Waals surface area contributed by atoms with Crippen LogP contribution in [0, 0.1) is 11.3 Å². The second kappa shape index (κ2) is 6.77. The normalized spacial score (nSPS) is 16.0. The lowest BCUT2D eigenvalue weighted by Crippen LogP contribution is -2.21. The lowest BCUT2D eigenvalue weighted by molar-refractivity contribution is 0.372. The van der Waals surface area contributed by atoms with Crippen molar-refractivity contribution in [1.29, 1.82) is 5.26 Å². The molecule has 0 saturated carbocycles. The minimum Gasteiger partial charge on any atom is -0.497 e. The maximum atomic E-state index is 9.68. The second-order valence-corrected chi connectivity index (χ2v) is 5.70. The minimum absolute atomic E-state index is 0.0624. The Kier molecular flexibility index (Phi) is 4.52. The number of hydrogen-bond donors (Lipinski definition) is 2. The van der Waals surface area contributed by atoms with Gasteiger partial charge in [-0.1, -0.05) is 19.4 Å². The van der Waals surface area contributed by atoms with Crippen LogP contribution in [0.5, 0.6) is 17.4 Å². The number of nitriles is 1. The number of hydrogen-bond acceptors (Lipinski definition) is 6. The first-order chi connectivity index (χ1) is 12.1. The SMILES string of the molecule is CCCc1[nH]nc2c1[C@@H](c1ccc(OC)cc1OC)C(C#N)=C(N)O2. The van der Waals surface area contributed by atoms with Crippen molar-refractivity contribution >= 4 is 0 Å². The van der Waals surface area contributed by atoms with Crippen molar-refractivity contribution in [2.24, 2.45) is 5.73 Å². The quantitative estimate of drug-likeness (QED) is 0.866. The van der Waals surface area contributed by atoms with E-state index in [0.717, 1.165) is 29.7 Å². The molecular formula is C18H20N4O3. The fraction of sp³-hybridized carbons (Fsp3) is 0.333. The number of rotatable bonds is 5. The molecule has 0 saturated heterocycles. The van der Waals surface area contributed by atoms with E-state index < -0.39 is 5.92 Å². The summed E-state index contributed by atoms with van der Waals surface area (Å²) in [7, 11) is 3.18. The standard InChI is InChI=1S/C18H20N4O3/c1-4-5-13-16-15(11-7-6-10(23-2)8-14(11)24-3)12(9-19)17(20)25-18(16)22-21-13/h6-8,15H,4-5,20H2,1-3H3,(H,21,22)/t15-/m0/s1. The molecule has 25 heavy (non-hydrogen) atoms. The number of H-pyrrole nitrogens is 1. The van der Waals surface area contributed by atoms with Gasteiger partial charge in [-0.15, -0.1) is 5.10 Å². The molecule has 1 aliphatic heterocycles. The molecule has 1 aliphatic rings. The van der Waals surface area contributed by atoms with Gasteiger partial charge < -0.3 is 19.9 Å². The van der Waals surface area contributed by atoms with E-state index in [1.807, 2.05) is 12.1 Å². The second-order valence-electron chi connectivity index (χ2n) is 5.70. The molecule has 3 rings (SSSR count). The molecule has 1 aromatic carbocycles. The van der Waals surface area contributed by atoms with Gasteiger partial charge in [0.25, 0.3) is 0 Å². The molecule has 2 heterocycles. The summed E-state index contributed by atoms with van der Waals surface area (Å²) in [6, 6.07) is 7.68. The van der Waals surface area contributed by atoms with Crippen molar-refractivity contribution < 1.29 is 14.2 Å². The molecule has 0 aliphatic carbocycles. The monoisotopic (exact) mass is 340 g/mol. The number of benzene rings is 1. The van der Waals surface area contributed by atoms with Crippen molar-refractivity contribution in [2.45, 2.75) is 25.7 Å². The Balaban J connectivity index is 2.23. The Hall–Kier alpha value is -3.14. The summed E-state index contributed by atoms with van der Waals surface area (Å²) in [6.45, 7) is 2.08. The highest BCUT2D eigenvalue weighted by molar-refractivity contribution is 5.59. The van der Waals surface area contributed by atoms with Crippen LogP contribution in [-0.2, 0) is 6.42 Å². The molecule has 0 unspecified atom stereocenters. The van der Waals surface area contributed by atoms with E-state index in [1.54, 1.807) is 20.3 Å². The largest absolute Gasteiger partial charge is 0.497 e. The number of aryl methyl sites for hydroxylation is 1. The molecule has 0 spiro atoms. The number of methoxy groups -OCH3 is 2. The summed E-state index contributed by atoms with van der Waals surface area (Å²) < 4.78 is 16.4. The Morgan fingerprint density at radius 2 is 2.16 bits per heavy atom. The fourth-order valence-electron chi connectivity index (χ4n) is 3.12. The van der Waals surface area contributed by atoms with Crippen LogP contribution in [0.2, 0.25) is 0 Å². The van der Waals surface area contributed by atoms with E-state index in [0.29, 0.717) is 23.0 Å². The molecule has 7 nitrogen and oxygen atoms in total. The van der Waals surface area contributed by atoms with Crippen LogP contribution < -0.4 is 19.9 Å². The molecule has 7 heteroatoms. The highest BCUT2D eigenvalue weighted by Crippen LogP contribution is 2.46. The molecular weight excluding hydrogens is 320 g/mol. The Bertz CT molecular complexity index is 864. The van der Waals surface area contributed by atoms with Crippen LogP contribution in [0.1, 0.15) is 36.1 Å². The fourth-order valence-corrected chi connectivity index (χ4v) is 3.12. The number of nitrogens with two attached hydrogens (primary N) is 1. The van der Waals surface area contributed by atoms with E-state index in [1.165, 1.54) is 0 Å². The molecule has 0 amide bonds. The lowest BCUT2D eigenvalue weighted by Gasteiger charge is -2.25. The zero-order chi connectivity index (χ0) is 18.0. The Morgan fingerprint density at radius 3 is 2.80 bits per heavy atom. The van der Waals surface area contributed by atoms with Crippen LogP contribution in [0.4, 0.5) is 0 Å². The molecule has 2 aromatic rings. The summed E-state index contributed by atoms with van der Waals surface area (Å²) >= 11 is 0. The van der Waals surface area contributed by atoms with Gasteiger partial charge in [-0.3, -0.25) is 5.10 Å².